The normalized spacial score (nSPS) is 10.9. The molecule has 2 aromatic heterocycles. The lowest BCUT2D eigenvalue weighted by atomic mass is 10.0. The van der Waals surface area contributed by atoms with Crippen molar-refractivity contribution >= 4 is 28.4 Å². The molecule has 0 saturated heterocycles. The average Bonchev–Trinajstić information content (AvgIpc) is 3.19. The molecule has 0 spiro atoms. The van der Waals surface area contributed by atoms with Gasteiger partial charge in [-0.25, -0.2) is 9.97 Å². The summed E-state index contributed by atoms with van der Waals surface area (Å²) >= 11 is 0. The van der Waals surface area contributed by atoms with E-state index in [2.05, 4.69) is 5.32 Å². The van der Waals surface area contributed by atoms with E-state index in [1.807, 2.05) is 81.6 Å². The van der Waals surface area contributed by atoms with Crippen LogP contribution >= 0.6 is 0 Å². The van der Waals surface area contributed by atoms with Crippen molar-refractivity contribution in [2.75, 3.05) is 31.4 Å². The smallest absolute Gasteiger partial charge is 0.225 e. The third-order valence-electron chi connectivity index (χ3n) is 5.13. The minimum absolute atomic E-state index is 0.0959. The number of ether oxygens (including phenoxy) is 1. The summed E-state index contributed by atoms with van der Waals surface area (Å²) in [6.45, 7) is 1.81. The van der Waals surface area contributed by atoms with Crippen LogP contribution in [-0.4, -0.2) is 46.9 Å². The Morgan fingerprint density at radius 2 is 1.88 bits per heavy atom. The van der Waals surface area contributed by atoms with E-state index in [0.717, 1.165) is 27.9 Å². The van der Waals surface area contributed by atoms with Crippen molar-refractivity contribution < 1.29 is 9.53 Å². The largest absolute Gasteiger partial charge is 0.494 e. The van der Waals surface area contributed by atoms with Gasteiger partial charge >= 0.3 is 0 Å². The highest BCUT2D eigenvalue weighted by Crippen LogP contribution is 2.38. The fourth-order valence-corrected chi connectivity index (χ4v) is 3.53. The lowest BCUT2D eigenvalue weighted by Crippen LogP contribution is -2.14. The highest BCUT2D eigenvalue weighted by Gasteiger charge is 2.20. The number of nitrogens with one attached hydrogen (secondary N) is 1. The van der Waals surface area contributed by atoms with Gasteiger partial charge in [0.2, 0.25) is 11.9 Å². The minimum Gasteiger partial charge on any atom is -0.494 e. The number of hydrogen-bond donors (Lipinski definition) is 1. The van der Waals surface area contributed by atoms with Crippen LogP contribution in [0.4, 0.5) is 11.6 Å². The number of fused-ring (bicyclic) bond motifs is 1. The number of amides is 1. The Morgan fingerprint density at radius 1 is 1.12 bits per heavy atom. The van der Waals surface area contributed by atoms with Crippen LogP contribution < -0.4 is 15.0 Å². The Hall–Kier alpha value is -3.94. The summed E-state index contributed by atoms with van der Waals surface area (Å²) in [6, 6.07) is 13.7. The second-order valence-electron chi connectivity index (χ2n) is 7.67. The Kier molecular flexibility index (Phi) is 5.77. The molecular weight excluding hydrogens is 404 g/mol. The van der Waals surface area contributed by atoms with Crippen molar-refractivity contribution in [3.63, 3.8) is 0 Å². The molecule has 0 fully saturated rings. The van der Waals surface area contributed by atoms with Crippen LogP contribution in [0.5, 0.6) is 5.75 Å². The summed E-state index contributed by atoms with van der Waals surface area (Å²) in [6.07, 6.45) is 2.32. The molecule has 0 saturated carbocycles. The second-order valence-corrected chi connectivity index (χ2v) is 7.67. The van der Waals surface area contributed by atoms with E-state index in [-0.39, 0.29) is 5.91 Å². The molecule has 32 heavy (non-hydrogen) atoms. The molecule has 4 rings (SSSR count). The molecule has 0 aliphatic carbocycles. The van der Waals surface area contributed by atoms with Crippen LogP contribution in [0, 0.1) is 0 Å². The van der Waals surface area contributed by atoms with Gasteiger partial charge < -0.3 is 15.0 Å². The Balaban J connectivity index is 2.02. The summed E-state index contributed by atoms with van der Waals surface area (Å²) in [7, 11) is 7.27. The van der Waals surface area contributed by atoms with Crippen molar-refractivity contribution in [3.05, 3.63) is 48.7 Å². The highest BCUT2D eigenvalue weighted by atomic mass is 16.5. The molecule has 0 bridgehead atoms. The standard InChI is InChI=1S/C24H26N6O2/c1-6-21(31)25-19-12-16-18(13-20(19)32-5)26-24(29(2)3)27-23(16)17-14-30(4)28-22(17)15-10-8-7-9-11-15/h7-14H,6H2,1-5H3,(H,25,31). The van der Waals surface area contributed by atoms with Crippen molar-refractivity contribution in [2.24, 2.45) is 7.05 Å². The number of benzene rings is 2. The maximum atomic E-state index is 12.1. The van der Waals surface area contributed by atoms with E-state index in [9.17, 15) is 4.79 Å². The van der Waals surface area contributed by atoms with Crippen molar-refractivity contribution in [2.45, 2.75) is 13.3 Å². The number of hydrogen-bond acceptors (Lipinski definition) is 6. The van der Waals surface area contributed by atoms with Gasteiger partial charge in [-0.1, -0.05) is 37.3 Å². The van der Waals surface area contributed by atoms with E-state index in [0.29, 0.717) is 29.3 Å². The first-order chi connectivity index (χ1) is 15.4. The van der Waals surface area contributed by atoms with Gasteiger partial charge in [0, 0.05) is 56.3 Å². The van der Waals surface area contributed by atoms with Gasteiger partial charge in [0.15, 0.2) is 0 Å². The Morgan fingerprint density at radius 3 is 2.53 bits per heavy atom. The molecule has 0 aliphatic heterocycles. The molecule has 0 unspecified atom stereocenters. The number of aryl methyl sites for hydroxylation is 1. The number of carbonyl (C=O) groups excluding carboxylic acids is 1. The van der Waals surface area contributed by atoms with Gasteiger partial charge in [0.25, 0.3) is 0 Å². The second kappa shape index (κ2) is 8.66. The maximum Gasteiger partial charge on any atom is 0.225 e. The number of nitrogens with zero attached hydrogens (tertiary/aromatic N) is 5. The summed E-state index contributed by atoms with van der Waals surface area (Å²) in [5.41, 5.74) is 4.74. The average molecular weight is 431 g/mol. The predicted molar refractivity (Wildman–Crippen MR) is 127 cm³/mol. The molecule has 8 nitrogen and oxygen atoms in total. The van der Waals surface area contributed by atoms with Gasteiger partial charge in [-0.05, 0) is 6.07 Å². The highest BCUT2D eigenvalue weighted by molar-refractivity contribution is 6.02. The van der Waals surface area contributed by atoms with Crippen LogP contribution in [0.2, 0.25) is 0 Å². The van der Waals surface area contributed by atoms with E-state index in [1.165, 1.54) is 0 Å². The fraction of sp³-hybridized carbons (Fsp3) is 0.250. The van der Waals surface area contributed by atoms with E-state index < -0.39 is 0 Å². The lowest BCUT2D eigenvalue weighted by Gasteiger charge is -2.16. The number of methoxy groups -OCH3 is 1. The number of anilines is 2. The van der Waals surface area contributed by atoms with Crippen LogP contribution in [0.3, 0.4) is 0 Å². The zero-order valence-corrected chi connectivity index (χ0v) is 18.9. The Labute approximate surface area is 186 Å². The zero-order chi connectivity index (χ0) is 22.8. The molecule has 0 aliphatic rings. The molecule has 0 radical (unpaired) electrons. The van der Waals surface area contributed by atoms with Crippen LogP contribution in [-0.2, 0) is 11.8 Å². The van der Waals surface area contributed by atoms with Crippen LogP contribution in [0.1, 0.15) is 13.3 Å². The molecule has 2 aromatic carbocycles. The first kappa shape index (κ1) is 21.3. The molecule has 164 valence electrons. The molecule has 8 heteroatoms. The van der Waals surface area contributed by atoms with Crippen molar-refractivity contribution in [1.82, 2.24) is 19.7 Å². The molecule has 1 N–H and O–H groups in total. The predicted octanol–water partition coefficient (Wildman–Crippen LogP) is 4.12. The van der Waals surface area contributed by atoms with E-state index in [1.54, 1.807) is 11.8 Å². The molecule has 0 atom stereocenters. The van der Waals surface area contributed by atoms with E-state index in [4.69, 9.17) is 19.8 Å². The van der Waals surface area contributed by atoms with Gasteiger partial charge in [-0.2, -0.15) is 5.10 Å². The fourth-order valence-electron chi connectivity index (χ4n) is 3.53. The Bertz CT molecular complexity index is 1280. The summed E-state index contributed by atoms with van der Waals surface area (Å²) in [5.74, 6) is 1.02. The first-order valence-electron chi connectivity index (χ1n) is 10.4. The summed E-state index contributed by atoms with van der Waals surface area (Å²) in [5, 5.41) is 8.42. The SMILES string of the molecule is CCC(=O)Nc1cc2c(-c3cn(C)nc3-c3ccccc3)nc(N(C)C)nc2cc1OC. The van der Waals surface area contributed by atoms with E-state index >= 15 is 0 Å². The number of carbonyl (C=O) groups is 1. The lowest BCUT2D eigenvalue weighted by molar-refractivity contribution is -0.115. The van der Waals surface area contributed by atoms with Crippen LogP contribution in [0.25, 0.3) is 33.4 Å². The third-order valence-corrected chi connectivity index (χ3v) is 5.13. The zero-order valence-electron chi connectivity index (χ0n) is 18.9. The molecular formula is C24H26N6O2. The maximum absolute atomic E-state index is 12.1. The van der Waals surface area contributed by atoms with Gasteiger partial charge in [-0.15, -0.1) is 0 Å². The van der Waals surface area contributed by atoms with Gasteiger partial charge in [-0.3, -0.25) is 9.48 Å². The monoisotopic (exact) mass is 430 g/mol. The summed E-state index contributed by atoms with van der Waals surface area (Å²) in [4.78, 5) is 23.6. The number of aromatic nitrogens is 4. The van der Waals surface area contributed by atoms with Crippen molar-refractivity contribution in [1.29, 1.82) is 0 Å². The minimum atomic E-state index is -0.0959. The quantitative estimate of drug-likeness (QED) is 0.495. The summed E-state index contributed by atoms with van der Waals surface area (Å²) < 4.78 is 7.32. The van der Waals surface area contributed by atoms with Gasteiger partial charge in [0.05, 0.1) is 24.0 Å². The van der Waals surface area contributed by atoms with Gasteiger partial charge in [0.1, 0.15) is 11.4 Å². The third kappa shape index (κ3) is 3.99. The van der Waals surface area contributed by atoms with Crippen molar-refractivity contribution in [3.8, 4) is 28.3 Å². The topological polar surface area (TPSA) is 85.2 Å². The van der Waals surface area contributed by atoms with Crippen LogP contribution in [0.15, 0.2) is 48.7 Å². The molecule has 4 aromatic rings. The first-order valence-corrected chi connectivity index (χ1v) is 10.4. The molecule has 2 heterocycles. The molecule has 1 amide bonds. The number of rotatable bonds is 6.